The number of hydrogen-bond donors (Lipinski definition) is 2. The monoisotopic (exact) mass is 353 g/mol. The Morgan fingerprint density at radius 1 is 1.15 bits per heavy atom. The molecule has 2 rings (SSSR count). The van der Waals surface area contributed by atoms with E-state index in [-0.39, 0.29) is 18.6 Å². The van der Waals surface area contributed by atoms with Gasteiger partial charge in [0.25, 0.3) is 11.8 Å². The minimum atomic E-state index is -0.406. The molecule has 0 aromatic heterocycles. The maximum atomic E-state index is 12.0. The second-order valence-corrected chi connectivity index (χ2v) is 6.08. The van der Waals surface area contributed by atoms with Crippen LogP contribution in [0.25, 0.3) is 0 Å². The normalized spacial score (nSPS) is 10.8. The molecule has 0 saturated carbocycles. The molecule has 6 heteroatoms. The van der Waals surface area contributed by atoms with Gasteiger partial charge in [0.05, 0.1) is 18.9 Å². The van der Waals surface area contributed by atoms with Gasteiger partial charge in [-0.05, 0) is 50.6 Å². The lowest BCUT2D eigenvalue weighted by molar-refractivity contribution is -0.120. The van der Waals surface area contributed by atoms with Crippen molar-refractivity contribution in [2.24, 2.45) is 5.10 Å². The summed E-state index contributed by atoms with van der Waals surface area (Å²) in [6.07, 6.45) is 1.60. The Kier molecular flexibility index (Phi) is 6.91. The largest absolute Gasteiger partial charge is 0.491 e. The number of benzene rings is 2. The summed E-state index contributed by atoms with van der Waals surface area (Å²) < 4.78 is 5.60. The first-order valence-corrected chi connectivity index (χ1v) is 8.37. The highest BCUT2D eigenvalue weighted by Crippen LogP contribution is 2.13. The molecule has 0 atom stereocenters. The van der Waals surface area contributed by atoms with Gasteiger partial charge in [-0.1, -0.05) is 29.8 Å². The third kappa shape index (κ3) is 6.39. The van der Waals surface area contributed by atoms with Crippen molar-refractivity contribution < 1.29 is 14.3 Å². The van der Waals surface area contributed by atoms with Crippen molar-refractivity contribution in [2.45, 2.75) is 26.9 Å². The second-order valence-electron chi connectivity index (χ2n) is 6.08. The predicted molar refractivity (Wildman–Crippen MR) is 101 cm³/mol. The highest BCUT2D eigenvalue weighted by molar-refractivity contribution is 5.96. The van der Waals surface area contributed by atoms with Gasteiger partial charge in [0, 0.05) is 5.56 Å². The molecular formula is C20H23N3O3. The van der Waals surface area contributed by atoms with Gasteiger partial charge in [-0.25, -0.2) is 5.43 Å². The first-order chi connectivity index (χ1) is 12.4. The number of ether oxygens (including phenoxy) is 1. The number of amides is 2. The molecule has 0 saturated heterocycles. The van der Waals surface area contributed by atoms with Gasteiger partial charge in [-0.3, -0.25) is 9.59 Å². The Bertz CT molecular complexity index is 800. The molecule has 0 heterocycles. The van der Waals surface area contributed by atoms with Crippen LogP contribution >= 0.6 is 0 Å². The van der Waals surface area contributed by atoms with E-state index < -0.39 is 5.91 Å². The van der Waals surface area contributed by atoms with Crippen LogP contribution in [0.4, 0.5) is 0 Å². The fourth-order valence-electron chi connectivity index (χ4n) is 2.21. The molecule has 0 unspecified atom stereocenters. The van der Waals surface area contributed by atoms with Gasteiger partial charge in [0.2, 0.25) is 0 Å². The summed E-state index contributed by atoms with van der Waals surface area (Å²) in [4.78, 5) is 23.8. The smallest absolute Gasteiger partial charge is 0.259 e. The van der Waals surface area contributed by atoms with Gasteiger partial charge in [0.15, 0.2) is 0 Å². The first kappa shape index (κ1) is 19.2. The quantitative estimate of drug-likeness (QED) is 0.593. The number of carbonyl (C=O) groups excluding carboxylic acids is 2. The average Bonchev–Trinajstić information content (AvgIpc) is 2.59. The summed E-state index contributed by atoms with van der Waals surface area (Å²) in [6.45, 7) is 5.65. The molecular weight excluding hydrogens is 330 g/mol. The average molecular weight is 353 g/mol. The third-order valence-electron chi connectivity index (χ3n) is 3.32. The van der Waals surface area contributed by atoms with Gasteiger partial charge < -0.3 is 10.1 Å². The van der Waals surface area contributed by atoms with Crippen LogP contribution in [-0.2, 0) is 4.79 Å². The third-order valence-corrected chi connectivity index (χ3v) is 3.32. The van der Waals surface area contributed by atoms with Gasteiger partial charge in [0.1, 0.15) is 5.75 Å². The zero-order valence-corrected chi connectivity index (χ0v) is 15.2. The SMILES string of the molecule is Cc1cccc(C(=O)NCC(=O)N/N=C/c2cccc(OC(C)C)c2)c1. The maximum absolute atomic E-state index is 12.0. The molecule has 0 aliphatic carbocycles. The minimum Gasteiger partial charge on any atom is -0.491 e. The van der Waals surface area contributed by atoms with E-state index in [0.717, 1.165) is 16.9 Å². The predicted octanol–water partition coefficient (Wildman–Crippen LogP) is 2.66. The van der Waals surface area contributed by atoms with Crippen LogP contribution in [0.5, 0.6) is 5.75 Å². The lowest BCUT2D eigenvalue weighted by Crippen LogP contribution is -2.34. The Morgan fingerprint density at radius 3 is 2.65 bits per heavy atom. The number of rotatable bonds is 7. The number of nitrogens with zero attached hydrogens (tertiary/aromatic N) is 1. The summed E-state index contributed by atoms with van der Waals surface area (Å²) in [7, 11) is 0. The zero-order valence-electron chi connectivity index (χ0n) is 15.2. The van der Waals surface area contributed by atoms with Crippen molar-refractivity contribution in [3.8, 4) is 5.75 Å². The highest BCUT2D eigenvalue weighted by atomic mass is 16.5. The van der Waals surface area contributed by atoms with Crippen molar-refractivity contribution in [1.82, 2.24) is 10.7 Å². The van der Waals surface area contributed by atoms with Crippen molar-refractivity contribution in [3.63, 3.8) is 0 Å². The van der Waals surface area contributed by atoms with Crippen molar-refractivity contribution in [2.75, 3.05) is 6.54 Å². The van der Waals surface area contributed by atoms with Crippen LogP contribution in [0.1, 0.15) is 35.3 Å². The molecule has 2 aromatic rings. The molecule has 0 bridgehead atoms. The molecule has 26 heavy (non-hydrogen) atoms. The summed E-state index contributed by atoms with van der Waals surface area (Å²) >= 11 is 0. The Balaban J connectivity index is 1.81. The number of nitrogens with one attached hydrogen (secondary N) is 2. The van der Waals surface area contributed by atoms with E-state index in [1.165, 1.54) is 6.21 Å². The summed E-state index contributed by atoms with van der Waals surface area (Å²) in [5.41, 5.74) is 4.68. The van der Waals surface area contributed by atoms with Crippen LogP contribution in [0.2, 0.25) is 0 Å². The van der Waals surface area contributed by atoms with Crippen molar-refractivity contribution >= 4 is 18.0 Å². The first-order valence-electron chi connectivity index (χ1n) is 8.37. The van der Waals surface area contributed by atoms with E-state index in [0.29, 0.717) is 5.56 Å². The number of hydrogen-bond acceptors (Lipinski definition) is 4. The van der Waals surface area contributed by atoms with Crippen LogP contribution in [0, 0.1) is 6.92 Å². The van der Waals surface area contributed by atoms with E-state index in [9.17, 15) is 9.59 Å². The zero-order chi connectivity index (χ0) is 18.9. The highest BCUT2D eigenvalue weighted by Gasteiger charge is 2.07. The molecule has 0 spiro atoms. The Labute approximate surface area is 153 Å². The van der Waals surface area contributed by atoms with E-state index in [2.05, 4.69) is 15.8 Å². The van der Waals surface area contributed by atoms with Crippen LogP contribution in [0.3, 0.4) is 0 Å². The molecule has 0 aliphatic heterocycles. The topological polar surface area (TPSA) is 79.8 Å². The molecule has 2 amide bonds. The van der Waals surface area contributed by atoms with E-state index in [1.807, 2.05) is 51.1 Å². The van der Waals surface area contributed by atoms with E-state index >= 15 is 0 Å². The van der Waals surface area contributed by atoms with Crippen LogP contribution in [0.15, 0.2) is 53.6 Å². The van der Waals surface area contributed by atoms with E-state index in [1.54, 1.807) is 18.2 Å². The molecule has 0 aliphatic rings. The summed E-state index contributed by atoms with van der Waals surface area (Å²) in [6, 6.07) is 14.5. The fraction of sp³-hybridized carbons (Fsp3) is 0.250. The number of aryl methyl sites for hydroxylation is 1. The maximum Gasteiger partial charge on any atom is 0.259 e. The fourth-order valence-corrected chi connectivity index (χ4v) is 2.21. The molecule has 136 valence electrons. The molecule has 0 fully saturated rings. The number of carbonyl (C=O) groups is 2. The van der Waals surface area contributed by atoms with Crippen LogP contribution in [-0.4, -0.2) is 30.7 Å². The minimum absolute atomic E-state index is 0.0823. The molecule has 0 radical (unpaired) electrons. The second kappa shape index (κ2) is 9.36. The van der Waals surface area contributed by atoms with Crippen molar-refractivity contribution in [1.29, 1.82) is 0 Å². The molecule has 2 N–H and O–H groups in total. The standard InChI is InChI=1S/C20H23N3O3/c1-14(2)26-18-9-5-7-16(11-18)12-22-23-19(24)13-21-20(25)17-8-4-6-15(3)10-17/h4-12,14H,13H2,1-3H3,(H,21,25)(H,23,24)/b22-12+. The van der Waals surface area contributed by atoms with Gasteiger partial charge >= 0.3 is 0 Å². The lowest BCUT2D eigenvalue weighted by atomic mass is 10.1. The Morgan fingerprint density at radius 2 is 1.92 bits per heavy atom. The molecule has 6 nitrogen and oxygen atoms in total. The van der Waals surface area contributed by atoms with Gasteiger partial charge in [-0.15, -0.1) is 0 Å². The summed E-state index contributed by atoms with van der Waals surface area (Å²) in [5, 5.41) is 6.46. The Hall–Kier alpha value is -3.15. The van der Waals surface area contributed by atoms with Crippen molar-refractivity contribution in [3.05, 3.63) is 65.2 Å². The lowest BCUT2D eigenvalue weighted by Gasteiger charge is -2.09. The van der Waals surface area contributed by atoms with Crippen LogP contribution < -0.4 is 15.5 Å². The molecule has 2 aromatic carbocycles. The van der Waals surface area contributed by atoms with E-state index in [4.69, 9.17) is 4.74 Å². The summed E-state index contributed by atoms with van der Waals surface area (Å²) in [5.74, 6) is 0.0314. The number of hydrazone groups is 1. The van der Waals surface area contributed by atoms with Gasteiger partial charge in [-0.2, -0.15) is 5.10 Å².